The van der Waals surface area contributed by atoms with Crippen molar-refractivity contribution in [2.24, 2.45) is 0 Å². The summed E-state index contributed by atoms with van der Waals surface area (Å²) in [6.07, 6.45) is 0. The van der Waals surface area contributed by atoms with E-state index < -0.39 is 16.1 Å². The molecule has 0 spiro atoms. The van der Waals surface area contributed by atoms with Gasteiger partial charge in [0.15, 0.2) is 0 Å². The first kappa shape index (κ1) is 17.4. The van der Waals surface area contributed by atoms with Gasteiger partial charge in [-0.3, -0.25) is 0 Å². The maximum absolute atomic E-state index is 12.8. The Balaban J connectivity index is 2.05. The predicted octanol–water partition coefficient (Wildman–Crippen LogP) is 4.74. The van der Waals surface area contributed by atoms with Gasteiger partial charge in [-0.05, 0) is 42.3 Å². The fraction of sp³-hybridized carbons (Fsp3) is 0.143. The summed E-state index contributed by atoms with van der Waals surface area (Å²) in [6, 6.07) is 20.2. The first-order chi connectivity index (χ1) is 11.9. The Morgan fingerprint density at radius 3 is 2.28 bits per heavy atom. The molecule has 0 unspecified atom stereocenters. The van der Waals surface area contributed by atoms with Crippen molar-refractivity contribution in [1.29, 1.82) is 0 Å². The molecule has 0 aliphatic rings. The number of aryl methyl sites for hydroxylation is 1. The molecule has 0 saturated carbocycles. The summed E-state index contributed by atoms with van der Waals surface area (Å²) < 4.78 is 28.4. The quantitative estimate of drug-likeness (QED) is 0.675. The summed E-state index contributed by atoms with van der Waals surface area (Å²) in [5.41, 5.74) is 2.66. The van der Waals surface area contributed by atoms with Crippen LogP contribution in [0.2, 0.25) is 0 Å². The van der Waals surface area contributed by atoms with E-state index in [2.05, 4.69) is 11.3 Å². The van der Waals surface area contributed by atoms with Crippen LogP contribution in [0.4, 0.5) is 0 Å². The summed E-state index contributed by atoms with van der Waals surface area (Å²) in [7, 11) is -3.65. The molecule has 3 aromatic rings. The lowest BCUT2D eigenvalue weighted by molar-refractivity contribution is 0.571. The molecule has 0 aromatic heterocycles. The SMILES string of the molecule is C=C(C)[C@@H](NS(=O)(=O)c1ccc(C)cc1)c1cccc2ccccc12. The second-order valence-corrected chi connectivity index (χ2v) is 8.00. The number of rotatable bonds is 5. The van der Waals surface area contributed by atoms with Gasteiger partial charge in [0.2, 0.25) is 10.0 Å². The Bertz CT molecular complexity index is 1020. The van der Waals surface area contributed by atoms with Gasteiger partial charge in [0, 0.05) is 0 Å². The zero-order valence-corrected chi connectivity index (χ0v) is 15.2. The molecule has 0 saturated heterocycles. The average Bonchev–Trinajstić information content (AvgIpc) is 2.59. The Labute approximate surface area is 149 Å². The fourth-order valence-electron chi connectivity index (χ4n) is 2.87. The minimum absolute atomic E-state index is 0.254. The zero-order chi connectivity index (χ0) is 18.0. The van der Waals surface area contributed by atoms with Gasteiger partial charge in [-0.2, -0.15) is 4.72 Å². The highest BCUT2D eigenvalue weighted by molar-refractivity contribution is 7.89. The second kappa shape index (κ2) is 6.82. The van der Waals surface area contributed by atoms with Crippen LogP contribution in [-0.2, 0) is 10.0 Å². The average molecular weight is 351 g/mol. The van der Waals surface area contributed by atoms with Gasteiger partial charge in [-0.1, -0.05) is 72.3 Å². The molecule has 1 N–H and O–H groups in total. The third kappa shape index (κ3) is 3.65. The molecule has 3 aromatic carbocycles. The monoisotopic (exact) mass is 351 g/mol. The van der Waals surface area contributed by atoms with Gasteiger partial charge in [0.1, 0.15) is 0 Å². The Hall–Kier alpha value is -2.43. The number of nitrogens with one attached hydrogen (secondary N) is 1. The van der Waals surface area contributed by atoms with Crippen molar-refractivity contribution in [3.05, 3.63) is 90.0 Å². The molecule has 0 aliphatic carbocycles. The van der Waals surface area contributed by atoms with Crippen LogP contribution >= 0.6 is 0 Å². The van der Waals surface area contributed by atoms with Crippen molar-refractivity contribution in [2.75, 3.05) is 0 Å². The highest BCUT2D eigenvalue weighted by atomic mass is 32.2. The van der Waals surface area contributed by atoms with Crippen molar-refractivity contribution in [3.63, 3.8) is 0 Å². The number of benzene rings is 3. The van der Waals surface area contributed by atoms with Crippen LogP contribution in [0.25, 0.3) is 10.8 Å². The maximum atomic E-state index is 12.8. The molecule has 0 fully saturated rings. The van der Waals surface area contributed by atoms with Gasteiger partial charge in [0.05, 0.1) is 10.9 Å². The topological polar surface area (TPSA) is 46.2 Å². The Morgan fingerprint density at radius 1 is 0.960 bits per heavy atom. The summed E-state index contributed by atoms with van der Waals surface area (Å²) in [5, 5.41) is 2.09. The lowest BCUT2D eigenvalue weighted by atomic mass is 9.96. The van der Waals surface area contributed by atoms with Crippen LogP contribution in [0.15, 0.2) is 83.8 Å². The highest BCUT2D eigenvalue weighted by Gasteiger charge is 2.23. The third-order valence-electron chi connectivity index (χ3n) is 4.23. The lowest BCUT2D eigenvalue weighted by Crippen LogP contribution is -2.29. The molecule has 0 bridgehead atoms. The zero-order valence-electron chi connectivity index (χ0n) is 14.4. The largest absolute Gasteiger partial charge is 0.241 e. The molecule has 0 amide bonds. The molecule has 25 heavy (non-hydrogen) atoms. The van der Waals surface area contributed by atoms with E-state index in [1.54, 1.807) is 24.3 Å². The molecule has 1 atom stereocenters. The molecule has 4 heteroatoms. The van der Waals surface area contributed by atoms with Crippen LogP contribution in [0, 0.1) is 6.92 Å². The normalized spacial score (nSPS) is 12.9. The smallest absolute Gasteiger partial charge is 0.207 e. The minimum atomic E-state index is -3.65. The van der Waals surface area contributed by atoms with Gasteiger partial charge in [0.25, 0.3) is 0 Å². The van der Waals surface area contributed by atoms with Gasteiger partial charge in [-0.15, -0.1) is 0 Å². The molecular weight excluding hydrogens is 330 g/mol. The molecule has 0 radical (unpaired) electrons. The first-order valence-electron chi connectivity index (χ1n) is 8.10. The van der Waals surface area contributed by atoms with Crippen LogP contribution in [0.1, 0.15) is 24.1 Å². The van der Waals surface area contributed by atoms with Crippen LogP contribution in [-0.4, -0.2) is 8.42 Å². The van der Waals surface area contributed by atoms with Crippen LogP contribution < -0.4 is 4.72 Å². The number of sulfonamides is 1. The molecule has 128 valence electrons. The van der Waals surface area contributed by atoms with Gasteiger partial charge >= 0.3 is 0 Å². The second-order valence-electron chi connectivity index (χ2n) is 6.28. The number of hydrogen-bond acceptors (Lipinski definition) is 2. The van der Waals surface area contributed by atoms with E-state index in [0.717, 1.165) is 27.5 Å². The van der Waals surface area contributed by atoms with E-state index >= 15 is 0 Å². The van der Waals surface area contributed by atoms with E-state index in [0.29, 0.717) is 0 Å². The van der Waals surface area contributed by atoms with E-state index in [1.165, 1.54) is 0 Å². The van der Waals surface area contributed by atoms with Crippen LogP contribution in [0.5, 0.6) is 0 Å². The summed E-state index contributed by atoms with van der Waals surface area (Å²) in [6.45, 7) is 7.77. The van der Waals surface area contributed by atoms with E-state index in [-0.39, 0.29) is 4.90 Å². The van der Waals surface area contributed by atoms with Crippen molar-refractivity contribution in [2.45, 2.75) is 24.8 Å². The molecule has 0 aliphatic heterocycles. The molecule has 3 nitrogen and oxygen atoms in total. The van der Waals surface area contributed by atoms with E-state index in [4.69, 9.17) is 0 Å². The van der Waals surface area contributed by atoms with Crippen molar-refractivity contribution in [1.82, 2.24) is 4.72 Å². The Morgan fingerprint density at radius 2 is 1.60 bits per heavy atom. The fourth-order valence-corrected chi connectivity index (χ4v) is 4.14. The molecule has 0 heterocycles. The van der Waals surface area contributed by atoms with Crippen molar-refractivity contribution in [3.8, 4) is 0 Å². The Kier molecular flexibility index (Phi) is 4.75. The summed E-state index contributed by atoms with van der Waals surface area (Å²) in [4.78, 5) is 0.254. The standard InChI is InChI=1S/C21H21NO2S/c1-15(2)21(20-10-6-8-17-7-4-5-9-19(17)20)22-25(23,24)18-13-11-16(3)12-14-18/h4-14,21-22H,1H2,2-3H3/t21-/m1/s1. The molecular formula is C21H21NO2S. The van der Waals surface area contributed by atoms with E-state index in [1.807, 2.05) is 56.3 Å². The third-order valence-corrected chi connectivity index (χ3v) is 5.67. The van der Waals surface area contributed by atoms with Crippen molar-refractivity contribution < 1.29 is 8.42 Å². The minimum Gasteiger partial charge on any atom is -0.207 e. The highest BCUT2D eigenvalue weighted by Crippen LogP contribution is 2.29. The van der Waals surface area contributed by atoms with Crippen molar-refractivity contribution >= 4 is 20.8 Å². The lowest BCUT2D eigenvalue weighted by Gasteiger charge is -2.21. The van der Waals surface area contributed by atoms with Gasteiger partial charge in [-0.25, -0.2) is 8.42 Å². The predicted molar refractivity (Wildman–Crippen MR) is 103 cm³/mol. The first-order valence-corrected chi connectivity index (χ1v) is 9.59. The van der Waals surface area contributed by atoms with Gasteiger partial charge < -0.3 is 0 Å². The number of fused-ring (bicyclic) bond motifs is 1. The molecule has 3 rings (SSSR count). The number of hydrogen-bond donors (Lipinski definition) is 1. The summed E-state index contributed by atoms with van der Waals surface area (Å²) >= 11 is 0. The van der Waals surface area contributed by atoms with E-state index in [9.17, 15) is 8.42 Å². The van der Waals surface area contributed by atoms with Crippen LogP contribution in [0.3, 0.4) is 0 Å². The maximum Gasteiger partial charge on any atom is 0.241 e. The summed E-state index contributed by atoms with van der Waals surface area (Å²) in [5.74, 6) is 0.